The second kappa shape index (κ2) is 10.5. The number of methoxy groups -OCH3 is 1. The molecule has 0 bridgehead atoms. The lowest BCUT2D eigenvalue weighted by atomic mass is 10.2. The minimum atomic E-state index is -3.86. The van der Waals surface area contributed by atoms with E-state index < -0.39 is 21.2 Å². The third-order valence-corrected chi connectivity index (χ3v) is 7.27. The van der Waals surface area contributed by atoms with Crippen molar-refractivity contribution in [2.75, 3.05) is 37.3 Å². The average Bonchev–Trinajstić information content (AvgIpc) is 3.11. The standard InChI is InChI=1S/C20H27FN6O4S2/c1-12(10-28)22-16-8-17(26-33(29,30)18-9-27(3)13(2)23-18)25-20(24-16)32-11-14-6-5-7-15(31-4)19(14)21/h5-8,12,18,28H,9-11H2,1-4H3,(H2,22,24,25,26)/t12-,18?/m1/s1. The normalized spacial score (nSPS) is 17.0. The first-order valence-corrected chi connectivity index (χ1v) is 12.6. The van der Waals surface area contributed by atoms with Crippen molar-refractivity contribution in [3.63, 3.8) is 0 Å². The van der Waals surface area contributed by atoms with Crippen molar-refractivity contribution in [3.05, 3.63) is 35.6 Å². The SMILES string of the molecule is COc1cccc(CSc2nc(N[C@H](C)CO)cc(NS(=O)(=O)C3CN(C)C(C)=N3)n2)c1F. The number of rotatable bonds is 10. The van der Waals surface area contributed by atoms with E-state index in [9.17, 15) is 17.9 Å². The number of sulfonamides is 1. The molecule has 1 aromatic heterocycles. The van der Waals surface area contributed by atoms with E-state index in [1.165, 1.54) is 19.2 Å². The molecule has 180 valence electrons. The van der Waals surface area contributed by atoms with Gasteiger partial charge in [0.05, 0.1) is 26.1 Å². The van der Waals surface area contributed by atoms with Gasteiger partial charge in [0.1, 0.15) is 11.6 Å². The van der Waals surface area contributed by atoms with Crippen LogP contribution in [0, 0.1) is 5.82 Å². The molecule has 3 rings (SSSR count). The summed E-state index contributed by atoms with van der Waals surface area (Å²) in [4.78, 5) is 14.6. The quantitative estimate of drug-likeness (QED) is 0.333. The van der Waals surface area contributed by atoms with E-state index in [1.807, 2.05) is 0 Å². The van der Waals surface area contributed by atoms with Crippen LogP contribution in [0.5, 0.6) is 5.75 Å². The van der Waals surface area contributed by atoms with E-state index in [0.717, 1.165) is 11.8 Å². The Hall–Kier alpha value is -2.64. The predicted octanol–water partition coefficient (Wildman–Crippen LogP) is 2.14. The van der Waals surface area contributed by atoms with Gasteiger partial charge in [-0.05, 0) is 19.9 Å². The number of aliphatic imine (C=N–C) groups is 1. The molecular formula is C20H27FN6O4S2. The van der Waals surface area contributed by atoms with Crippen molar-refractivity contribution in [1.82, 2.24) is 14.9 Å². The Balaban J connectivity index is 1.85. The molecule has 1 unspecified atom stereocenters. The van der Waals surface area contributed by atoms with E-state index in [2.05, 4.69) is 25.0 Å². The van der Waals surface area contributed by atoms with Crippen LogP contribution in [0.1, 0.15) is 19.4 Å². The first kappa shape index (κ1) is 25.0. The summed E-state index contributed by atoms with van der Waals surface area (Å²) in [6.07, 6.45) is 0. The maximum absolute atomic E-state index is 14.5. The Morgan fingerprint density at radius 3 is 2.73 bits per heavy atom. The van der Waals surface area contributed by atoms with Crippen molar-refractivity contribution < 1.29 is 22.7 Å². The van der Waals surface area contributed by atoms with Gasteiger partial charge in [0.2, 0.25) is 0 Å². The van der Waals surface area contributed by atoms with Gasteiger partial charge in [-0.2, -0.15) is 0 Å². The average molecular weight is 499 g/mol. The van der Waals surface area contributed by atoms with Crippen LogP contribution in [0.2, 0.25) is 0 Å². The van der Waals surface area contributed by atoms with Crippen LogP contribution >= 0.6 is 11.8 Å². The number of hydrogen-bond acceptors (Lipinski definition) is 10. The topological polar surface area (TPSA) is 129 Å². The summed E-state index contributed by atoms with van der Waals surface area (Å²) in [5.74, 6) is 0.853. The second-order valence-electron chi connectivity index (χ2n) is 7.53. The molecule has 1 aliphatic rings. The van der Waals surface area contributed by atoms with Crippen molar-refractivity contribution >= 4 is 39.3 Å². The maximum atomic E-state index is 14.5. The Bertz CT molecular complexity index is 1130. The van der Waals surface area contributed by atoms with Crippen LogP contribution in [0.15, 0.2) is 34.4 Å². The van der Waals surface area contributed by atoms with Gasteiger partial charge in [-0.3, -0.25) is 4.72 Å². The fourth-order valence-corrected chi connectivity index (χ4v) is 5.05. The number of hydrogen-bond donors (Lipinski definition) is 3. The van der Waals surface area contributed by atoms with Gasteiger partial charge in [-0.25, -0.2) is 27.8 Å². The Kier molecular flexibility index (Phi) is 7.97. The molecule has 0 aliphatic carbocycles. The number of aliphatic hydroxyl groups excluding tert-OH is 1. The lowest BCUT2D eigenvalue weighted by molar-refractivity contribution is 0.281. The van der Waals surface area contributed by atoms with Gasteiger partial charge in [0.25, 0.3) is 10.0 Å². The van der Waals surface area contributed by atoms with Crippen LogP contribution in [-0.4, -0.2) is 73.0 Å². The molecule has 0 saturated carbocycles. The summed E-state index contributed by atoms with van der Waals surface area (Å²) in [5, 5.41) is 11.6. The second-order valence-corrected chi connectivity index (χ2v) is 10.3. The molecular weight excluding hydrogens is 471 g/mol. The van der Waals surface area contributed by atoms with Crippen molar-refractivity contribution in [2.45, 2.75) is 36.2 Å². The predicted molar refractivity (Wildman–Crippen MR) is 127 cm³/mol. The molecule has 0 radical (unpaired) electrons. The van der Waals surface area contributed by atoms with Gasteiger partial charge in [0.15, 0.2) is 22.1 Å². The van der Waals surface area contributed by atoms with E-state index in [1.54, 1.807) is 37.9 Å². The highest BCUT2D eigenvalue weighted by Gasteiger charge is 2.32. The van der Waals surface area contributed by atoms with Crippen molar-refractivity contribution in [2.24, 2.45) is 4.99 Å². The molecule has 3 N–H and O–H groups in total. The molecule has 0 fully saturated rings. The zero-order chi connectivity index (χ0) is 24.2. The number of benzene rings is 1. The van der Waals surface area contributed by atoms with Crippen LogP contribution in [0.3, 0.4) is 0 Å². The molecule has 0 saturated heterocycles. The summed E-state index contributed by atoms with van der Waals surface area (Å²) < 4.78 is 47.7. The number of nitrogens with one attached hydrogen (secondary N) is 2. The zero-order valence-corrected chi connectivity index (χ0v) is 20.4. The van der Waals surface area contributed by atoms with Gasteiger partial charge in [0, 0.05) is 30.5 Å². The summed E-state index contributed by atoms with van der Waals surface area (Å²) in [6, 6.07) is 5.95. The summed E-state index contributed by atoms with van der Waals surface area (Å²) in [5.41, 5.74) is 0.394. The van der Waals surface area contributed by atoms with Crippen molar-refractivity contribution in [1.29, 1.82) is 0 Å². The zero-order valence-electron chi connectivity index (χ0n) is 18.7. The third-order valence-electron chi connectivity index (χ3n) is 4.91. The number of nitrogens with zero attached hydrogens (tertiary/aromatic N) is 4. The monoisotopic (exact) mass is 498 g/mol. The molecule has 13 heteroatoms. The summed E-state index contributed by atoms with van der Waals surface area (Å²) in [7, 11) is -0.703. The van der Waals surface area contributed by atoms with E-state index in [4.69, 9.17) is 4.74 Å². The van der Waals surface area contributed by atoms with E-state index in [-0.39, 0.29) is 41.7 Å². The van der Waals surface area contributed by atoms with Gasteiger partial charge >= 0.3 is 0 Å². The van der Waals surface area contributed by atoms with Crippen LogP contribution in [-0.2, 0) is 15.8 Å². The largest absolute Gasteiger partial charge is 0.494 e. The Labute approximate surface area is 196 Å². The molecule has 0 amide bonds. The summed E-state index contributed by atoms with van der Waals surface area (Å²) in [6.45, 7) is 3.57. The molecule has 10 nitrogen and oxygen atoms in total. The Morgan fingerprint density at radius 1 is 1.36 bits per heavy atom. The third kappa shape index (κ3) is 6.24. The maximum Gasteiger partial charge on any atom is 0.258 e. The van der Waals surface area contributed by atoms with Gasteiger partial charge in [-0.15, -0.1) is 0 Å². The number of aromatic nitrogens is 2. The molecule has 1 aromatic carbocycles. The number of thioether (sulfide) groups is 1. The van der Waals surface area contributed by atoms with Gasteiger partial charge < -0.3 is 20.1 Å². The Morgan fingerprint density at radius 2 is 2.09 bits per heavy atom. The molecule has 2 aromatic rings. The first-order chi connectivity index (χ1) is 15.6. The van der Waals surface area contributed by atoms with Crippen LogP contribution < -0.4 is 14.8 Å². The minimum absolute atomic E-state index is 0.0497. The number of aliphatic hydroxyl groups is 1. The molecule has 0 spiro atoms. The van der Waals surface area contributed by atoms with Gasteiger partial charge in [-0.1, -0.05) is 23.9 Å². The highest BCUT2D eigenvalue weighted by Crippen LogP contribution is 2.28. The fourth-order valence-electron chi connectivity index (χ4n) is 2.98. The number of anilines is 2. The van der Waals surface area contributed by atoms with E-state index in [0.29, 0.717) is 17.2 Å². The molecule has 2 heterocycles. The highest BCUT2D eigenvalue weighted by molar-refractivity contribution is 7.98. The molecule has 1 aliphatic heterocycles. The first-order valence-electron chi connectivity index (χ1n) is 10.1. The molecule has 2 atom stereocenters. The number of ether oxygens (including phenoxy) is 1. The minimum Gasteiger partial charge on any atom is -0.494 e. The lowest BCUT2D eigenvalue weighted by Gasteiger charge is -2.16. The number of likely N-dealkylation sites (N-methyl/N-ethyl adjacent to an activating group) is 1. The van der Waals surface area contributed by atoms with E-state index >= 15 is 0 Å². The highest BCUT2D eigenvalue weighted by atomic mass is 32.2. The summed E-state index contributed by atoms with van der Waals surface area (Å²) >= 11 is 1.14. The van der Waals surface area contributed by atoms with Crippen molar-refractivity contribution in [3.8, 4) is 5.75 Å². The lowest BCUT2D eigenvalue weighted by Crippen LogP contribution is -2.32. The smallest absolute Gasteiger partial charge is 0.258 e. The van der Waals surface area contributed by atoms with Crippen LogP contribution in [0.4, 0.5) is 16.0 Å². The number of halogens is 1. The fraction of sp³-hybridized carbons (Fsp3) is 0.450. The molecule has 33 heavy (non-hydrogen) atoms. The number of amidine groups is 1. The van der Waals surface area contributed by atoms with Crippen LogP contribution in [0.25, 0.3) is 0 Å².